The van der Waals surface area contributed by atoms with Crippen LogP contribution in [0.3, 0.4) is 0 Å². The average Bonchev–Trinajstić information content (AvgIpc) is 3.39. The molecular formula is C22H26N4O6S2. The molecule has 2 heterocycles. The third-order valence-electron chi connectivity index (χ3n) is 4.24. The lowest BCUT2D eigenvalue weighted by Crippen LogP contribution is -2.31. The molecule has 0 bridgehead atoms. The van der Waals surface area contributed by atoms with Gasteiger partial charge in [-0.25, -0.2) is 9.59 Å². The molecule has 10 nitrogen and oxygen atoms in total. The van der Waals surface area contributed by atoms with Gasteiger partial charge in [0.25, 0.3) is 5.91 Å². The number of ether oxygens (including phenoxy) is 2. The molecule has 0 fully saturated rings. The van der Waals surface area contributed by atoms with Crippen LogP contribution in [0.25, 0.3) is 9.75 Å². The van der Waals surface area contributed by atoms with Gasteiger partial charge in [-0.1, -0.05) is 0 Å². The van der Waals surface area contributed by atoms with Crippen molar-refractivity contribution in [2.24, 2.45) is 0 Å². The first-order valence-corrected chi connectivity index (χ1v) is 12.1. The van der Waals surface area contributed by atoms with Crippen molar-refractivity contribution in [2.45, 2.75) is 20.3 Å². The maximum absolute atomic E-state index is 12.8. The van der Waals surface area contributed by atoms with Crippen LogP contribution < -0.4 is 10.6 Å². The highest BCUT2D eigenvalue weighted by Crippen LogP contribution is 2.40. The van der Waals surface area contributed by atoms with E-state index in [0.717, 1.165) is 22.7 Å². The minimum Gasteiger partial charge on any atom is -0.462 e. The second-order valence-electron chi connectivity index (χ2n) is 7.09. The number of carbonyl (C=O) groups is 4. The molecule has 0 aliphatic rings. The van der Waals surface area contributed by atoms with E-state index < -0.39 is 23.8 Å². The van der Waals surface area contributed by atoms with Crippen molar-refractivity contribution >= 4 is 51.4 Å². The highest BCUT2D eigenvalue weighted by atomic mass is 32.1. The summed E-state index contributed by atoms with van der Waals surface area (Å²) in [5.41, 5.74) is 0.238. The Balaban J connectivity index is 2.47. The summed E-state index contributed by atoms with van der Waals surface area (Å²) in [7, 11) is 3.76. The van der Waals surface area contributed by atoms with Crippen LogP contribution in [0.1, 0.15) is 50.7 Å². The number of carbonyl (C=O) groups excluding carboxylic acids is 4. The van der Waals surface area contributed by atoms with Crippen LogP contribution in [0, 0.1) is 11.3 Å². The quantitative estimate of drug-likeness (QED) is 0.444. The molecule has 2 aromatic heterocycles. The van der Waals surface area contributed by atoms with E-state index in [1.165, 1.54) is 12.1 Å². The van der Waals surface area contributed by atoms with Gasteiger partial charge in [0.05, 0.1) is 30.4 Å². The molecule has 182 valence electrons. The Morgan fingerprint density at radius 2 is 1.59 bits per heavy atom. The van der Waals surface area contributed by atoms with Crippen LogP contribution in [0.5, 0.6) is 0 Å². The smallest absolute Gasteiger partial charge is 0.341 e. The van der Waals surface area contributed by atoms with E-state index in [-0.39, 0.29) is 40.6 Å². The van der Waals surface area contributed by atoms with Gasteiger partial charge in [-0.15, -0.1) is 22.7 Å². The maximum atomic E-state index is 12.8. The molecule has 0 saturated carbocycles. The number of thiophene rings is 2. The van der Waals surface area contributed by atoms with Gasteiger partial charge in [0.15, 0.2) is 0 Å². The van der Waals surface area contributed by atoms with Crippen molar-refractivity contribution in [2.75, 3.05) is 45.7 Å². The zero-order valence-corrected chi connectivity index (χ0v) is 21.0. The van der Waals surface area contributed by atoms with Gasteiger partial charge >= 0.3 is 11.9 Å². The van der Waals surface area contributed by atoms with Crippen molar-refractivity contribution < 1.29 is 28.7 Å². The average molecular weight is 507 g/mol. The summed E-state index contributed by atoms with van der Waals surface area (Å²) in [4.78, 5) is 52.9. The topological polar surface area (TPSA) is 138 Å². The van der Waals surface area contributed by atoms with Crippen LogP contribution in [-0.4, -0.2) is 69.1 Å². The van der Waals surface area contributed by atoms with Crippen molar-refractivity contribution in [3.8, 4) is 15.8 Å². The summed E-state index contributed by atoms with van der Waals surface area (Å²) in [6.45, 7) is 4.63. The van der Waals surface area contributed by atoms with E-state index >= 15 is 0 Å². The van der Waals surface area contributed by atoms with Crippen LogP contribution in [-0.2, 0) is 14.3 Å². The Morgan fingerprint density at radius 3 is 2.18 bits per heavy atom. The van der Waals surface area contributed by atoms with Gasteiger partial charge in [0.2, 0.25) is 5.91 Å². The fraction of sp³-hybridized carbons (Fsp3) is 0.409. The summed E-state index contributed by atoms with van der Waals surface area (Å²) < 4.78 is 10.2. The molecule has 0 saturated heterocycles. The Kier molecular flexibility index (Phi) is 10.2. The molecule has 2 N–H and O–H groups in total. The van der Waals surface area contributed by atoms with Gasteiger partial charge in [0.1, 0.15) is 16.3 Å². The van der Waals surface area contributed by atoms with E-state index in [0.29, 0.717) is 22.8 Å². The van der Waals surface area contributed by atoms with Gasteiger partial charge < -0.3 is 25.0 Å². The molecule has 0 unspecified atom stereocenters. The summed E-state index contributed by atoms with van der Waals surface area (Å²) in [5.74, 6) is -2.25. The second kappa shape index (κ2) is 12.8. The number of likely N-dealkylation sites (N-methyl/N-ethyl adjacent to an activating group) is 1. The van der Waals surface area contributed by atoms with Gasteiger partial charge in [0, 0.05) is 22.8 Å². The SMILES string of the molecule is CCOC(=O)c1cc(-c2cc(C(=O)OCC)c(C(=O)NCCN(C)C)s2)sc1NC(=O)CC#N. The molecule has 0 radical (unpaired) electrons. The summed E-state index contributed by atoms with van der Waals surface area (Å²) in [6.07, 6.45) is -0.376. The van der Waals surface area contributed by atoms with E-state index in [9.17, 15) is 19.2 Å². The largest absolute Gasteiger partial charge is 0.462 e. The molecule has 0 spiro atoms. The first-order valence-electron chi connectivity index (χ1n) is 10.4. The lowest BCUT2D eigenvalue weighted by molar-refractivity contribution is -0.115. The monoisotopic (exact) mass is 506 g/mol. The zero-order chi connectivity index (χ0) is 25.3. The summed E-state index contributed by atoms with van der Waals surface area (Å²) >= 11 is 2.16. The normalized spacial score (nSPS) is 10.5. The Morgan fingerprint density at radius 1 is 1.00 bits per heavy atom. The van der Waals surface area contributed by atoms with E-state index in [1.807, 2.05) is 19.0 Å². The number of amides is 2. The summed E-state index contributed by atoms with van der Waals surface area (Å²) in [5, 5.41) is 14.3. The second-order valence-corrected chi connectivity index (χ2v) is 9.19. The number of nitrogens with one attached hydrogen (secondary N) is 2. The molecule has 2 aromatic rings. The number of rotatable bonds is 11. The van der Waals surface area contributed by atoms with Crippen molar-refractivity contribution in [3.63, 3.8) is 0 Å². The third-order valence-corrected chi connectivity index (χ3v) is 6.62. The van der Waals surface area contributed by atoms with Gasteiger partial charge in [-0.05, 0) is 40.1 Å². The minimum atomic E-state index is -0.638. The van der Waals surface area contributed by atoms with Crippen LogP contribution >= 0.6 is 22.7 Å². The minimum absolute atomic E-state index is 0.116. The van der Waals surface area contributed by atoms with Gasteiger partial charge in [-0.2, -0.15) is 5.26 Å². The number of nitrogens with zero attached hydrogens (tertiary/aromatic N) is 2. The lowest BCUT2D eigenvalue weighted by atomic mass is 10.2. The molecule has 2 amide bonds. The molecule has 0 aliphatic carbocycles. The van der Waals surface area contributed by atoms with E-state index in [4.69, 9.17) is 14.7 Å². The molecule has 2 rings (SSSR count). The fourth-order valence-corrected chi connectivity index (χ4v) is 4.92. The van der Waals surface area contributed by atoms with E-state index in [1.54, 1.807) is 19.9 Å². The lowest BCUT2D eigenvalue weighted by Gasteiger charge is -2.10. The van der Waals surface area contributed by atoms with E-state index in [2.05, 4.69) is 10.6 Å². The first-order chi connectivity index (χ1) is 16.2. The Labute approximate surface area is 205 Å². The molecule has 12 heteroatoms. The number of esters is 2. The first kappa shape index (κ1) is 27.0. The number of hydrogen-bond acceptors (Lipinski definition) is 10. The molecule has 34 heavy (non-hydrogen) atoms. The number of nitriles is 1. The molecule has 0 aromatic carbocycles. The molecule has 0 aliphatic heterocycles. The Hall–Kier alpha value is -3.27. The van der Waals surface area contributed by atoms with Crippen molar-refractivity contribution in [3.05, 3.63) is 28.1 Å². The van der Waals surface area contributed by atoms with Crippen molar-refractivity contribution in [1.82, 2.24) is 10.2 Å². The summed E-state index contributed by atoms with van der Waals surface area (Å²) in [6, 6.07) is 4.81. The number of hydrogen-bond donors (Lipinski definition) is 2. The fourth-order valence-electron chi connectivity index (χ4n) is 2.72. The Bertz CT molecular complexity index is 1100. The van der Waals surface area contributed by atoms with Crippen molar-refractivity contribution in [1.29, 1.82) is 5.26 Å². The maximum Gasteiger partial charge on any atom is 0.341 e. The standard InChI is InChI=1S/C22H26N4O6S2/c1-5-31-21(29)13-11-15(33-18(13)19(28)24-9-10-26(3)4)16-12-14(22(30)32-6-2)20(34-16)25-17(27)7-8-23/h11-12H,5-7,9-10H2,1-4H3,(H,24,28)(H,25,27). The highest BCUT2D eigenvalue weighted by Gasteiger charge is 2.26. The van der Waals surface area contributed by atoms with Crippen LogP contribution in [0.4, 0.5) is 5.00 Å². The number of anilines is 1. The van der Waals surface area contributed by atoms with Crippen LogP contribution in [0.2, 0.25) is 0 Å². The van der Waals surface area contributed by atoms with Crippen LogP contribution in [0.15, 0.2) is 12.1 Å². The molecule has 0 atom stereocenters. The predicted octanol–water partition coefficient (Wildman–Crippen LogP) is 2.97. The third kappa shape index (κ3) is 7.11. The highest BCUT2D eigenvalue weighted by molar-refractivity contribution is 7.25. The molecular weight excluding hydrogens is 480 g/mol. The zero-order valence-electron chi connectivity index (χ0n) is 19.4. The van der Waals surface area contributed by atoms with Gasteiger partial charge in [-0.3, -0.25) is 9.59 Å². The predicted molar refractivity (Wildman–Crippen MR) is 129 cm³/mol.